The maximum Gasteiger partial charge on any atom is 0.201 e. The zero-order valence-electron chi connectivity index (χ0n) is 7.97. The molecule has 1 aliphatic heterocycles. The molecule has 1 unspecified atom stereocenters. The van der Waals surface area contributed by atoms with Crippen molar-refractivity contribution in [3.8, 4) is 0 Å². The number of hydrogen-bond acceptors (Lipinski definition) is 5. The van der Waals surface area contributed by atoms with E-state index in [0.717, 1.165) is 0 Å². The van der Waals surface area contributed by atoms with E-state index in [2.05, 4.69) is 0 Å². The minimum Gasteiger partial charge on any atom is -0.390 e. The fourth-order valence-electron chi connectivity index (χ4n) is 2.64. The lowest BCUT2D eigenvalue weighted by Crippen LogP contribution is -2.58. The van der Waals surface area contributed by atoms with Crippen molar-refractivity contribution in [3.63, 3.8) is 0 Å². The lowest BCUT2D eigenvalue weighted by molar-refractivity contribution is -0.172. The number of fused-ring (bicyclic) bond motifs is 1. The number of aliphatic hydroxyl groups excluding tert-OH is 4. The van der Waals surface area contributed by atoms with E-state index in [1.54, 1.807) is 0 Å². The highest BCUT2D eigenvalue weighted by molar-refractivity contribution is 7.58. The molecule has 7 atom stereocenters. The van der Waals surface area contributed by atoms with Crippen LogP contribution in [0, 0.1) is 11.8 Å². The quantitative estimate of drug-likeness (QED) is 0.310. The second kappa shape index (κ2) is 3.52. The van der Waals surface area contributed by atoms with Gasteiger partial charge in [0.2, 0.25) is 7.37 Å². The molecule has 2 fully saturated rings. The van der Waals surface area contributed by atoms with Crippen LogP contribution in [-0.2, 0) is 4.57 Å². The fraction of sp³-hybridized carbons (Fsp3) is 1.00. The molecule has 1 saturated carbocycles. The van der Waals surface area contributed by atoms with Crippen molar-refractivity contribution in [2.24, 2.45) is 11.8 Å². The van der Waals surface area contributed by atoms with Crippen molar-refractivity contribution < 1.29 is 29.9 Å². The molecule has 1 aliphatic carbocycles. The van der Waals surface area contributed by atoms with Gasteiger partial charge in [0.1, 0.15) is 12.2 Å². The average molecular weight is 238 g/mol. The standard InChI is InChI=1S/C8H15O6P/c9-5-3-1-15(13,14)2-4(3)6(10)8(12)7(5)11/h3-12H,1-2H2,(H,13,14)/t3-,4+,5-,6-,7+,8+/m1/s1. The summed E-state index contributed by atoms with van der Waals surface area (Å²) in [6.07, 6.45) is -5.56. The summed E-state index contributed by atoms with van der Waals surface area (Å²) in [4.78, 5) is 9.40. The molecule has 1 saturated heterocycles. The van der Waals surface area contributed by atoms with Gasteiger partial charge in [0.15, 0.2) is 0 Å². The normalized spacial score (nSPS) is 60.3. The van der Waals surface area contributed by atoms with Gasteiger partial charge in [0.05, 0.1) is 12.2 Å². The van der Waals surface area contributed by atoms with Crippen molar-refractivity contribution in [2.45, 2.75) is 24.4 Å². The summed E-state index contributed by atoms with van der Waals surface area (Å²) in [7, 11) is -3.32. The van der Waals surface area contributed by atoms with Crippen molar-refractivity contribution in [1.29, 1.82) is 0 Å². The van der Waals surface area contributed by atoms with Gasteiger partial charge in [-0.1, -0.05) is 0 Å². The Morgan fingerprint density at radius 1 is 0.800 bits per heavy atom. The zero-order chi connectivity index (χ0) is 11.4. The monoisotopic (exact) mass is 238 g/mol. The summed E-state index contributed by atoms with van der Waals surface area (Å²) in [5, 5.41) is 38.0. The Bertz CT molecular complexity index is 282. The molecule has 0 amide bonds. The van der Waals surface area contributed by atoms with Crippen LogP contribution in [-0.4, -0.2) is 62.1 Å². The van der Waals surface area contributed by atoms with Crippen LogP contribution in [0.5, 0.6) is 0 Å². The highest BCUT2D eigenvalue weighted by Crippen LogP contribution is 2.56. The number of hydrogen-bond donors (Lipinski definition) is 5. The molecule has 15 heavy (non-hydrogen) atoms. The van der Waals surface area contributed by atoms with E-state index < -0.39 is 43.6 Å². The van der Waals surface area contributed by atoms with E-state index in [1.807, 2.05) is 0 Å². The van der Waals surface area contributed by atoms with Crippen LogP contribution < -0.4 is 0 Å². The topological polar surface area (TPSA) is 118 Å². The van der Waals surface area contributed by atoms with Crippen LogP contribution in [0.15, 0.2) is 0 Å². The third-order valence-electron chi connectivity index (χ3n) is 3.47. The summed E-state index contributed by atoms with van der Waals surface area (Å²) < 4.78 is 11.5. The Morgan fingerprint density at radius 3 is 1.47 bits per heavy atom. The van der Waals surface area contributed by atoms with Gasteiger partial charge in [-0.05, 0) is 0 Å². The summed E-state index contributed by atoms with van der Waals surface area (Å²) >= 11 is 0. The van der Waals surface area contributed by atoms with Gasteiger partial charge in [0, 0.05) is 24.2 Å². The Hall–Kier alpha value is 0.0300. The van der Waals surface area contributed by atoms with Crippen LogP contribution in [0.1, 0.15) is 0 Å². The van der Waals surface area contributed by atoms with Crippen LogP contribution in [0.25, 0.3) is 0 Å². The summed E-state index contributed by atoms with van der Waals surface area (Å²) in [5.41, 5.74) is 0. The van der Waals surface area contributed by atoms with Gasteiger partial charge in [-0.25, -0.2) is 0 Å². The lowest BCUT2D eigenvalue weighted by atomic mass is 9.74. The molecule has 0 aromatic carbocycles. The van der Waals surface area contributed by atoms with Crippen molar-refractivity contribution in [1.82, 2.24) is 0 Å². The molecule has 1 heterocycles. The third-order valence-corrected chi connectivity index (χ3v) is 5.45. The number of aliphatic hydroxyl groups is 4. The first-order chi connectivity index (χ1) is 6.83. The van der Waals surface area contributed by atoms with Gasteiger partial charge >= 0.3 is 0 Å². The summed E-state index contributed by atoms with van der Waals surface area (Å²) in [6, 6.07) is 0. The maximum atomic E-state index is 11.5. The van der Waals surface area contributed by atoms with Gasteiger partial charge in [0.25, 0.3) is 0 Å². The molecule has 0 spiro atoms. The molecule has 0 aromatic heterocycles. The lowest BCUT2D eigenvalue weighted by Gasteiger charge is -2.40. The zero-order valence-corrected chi connectivity index (χ0v) is 8.86. The van der Waals surface area contributed by atoms with E-state index in [9.17, 15) is 29.9 Å². The van der Waals surface area contributed by atoms with Crippen molar-refractivity contribution >= 4 is 7.37 Å². The van der Waals surface area contributed by atoms with Gasteiger partial charge in [-0.3, -0.25) is 4.57 Å². The number of rotatable bonds is 0. The SMILES string of the molecule is O=P1(O)C[C@@H]2[C@@H](O)[C@H](O)[C@@H](O)[C@H](O)[C@@H]2C1. The second-order valence-corrected chi connectivity index (χ2v) is 6.92. The van der Waals surface area contributed by atoms with Crippen LogP contribution >= 0.6 is 7.37 Å². The molecule has 2 aliphatic rings. The minimum absolute atomic E-state index is 0.0975. The van der Waals surface area contributed by atoms with Crippen LogP contribution in [0.4, 0.5) is 0 Å². The molecular formula is C8H15O6P. The molecule has 7 heteroatoms. The summed E-state index contributed by atoms with van der Waals surface area (Å²) in [5.74, 6) is -1.21. The largest absolute Gasteiger partial charge is 0.390 e. The van der Waals surface area contributed by atoms with Crippen LogP contribution in [0.3, 0.4) is 0 Å². The molecule has 6 nitrogen and oxygen atoms in total. The Kier molecular flexibility index (Phi) is 2.70. The van der Waals surface area contributed by atoms with Gasteiger partial charge in [-0.2, -0.15) is 0 Å². The van der Waals surface area contributed by atoms with Crippen molar-refractivity contribution in [3.05, 3.63) is 0 Å². The van der Waals surface area contributed by atoms with E-state index in [0.29, 0.717) is 0 Å². The molecule has 0 radical (unpaired) electrons. The summed E-state index contributed by atoms with van der Waals surface area (Å²) in [6.45, 7) is 0. The predicted molar refractivity (Wildman–Crippen MR) is 50.6 cm³/mol. The molecule has 2 rings (SSSR count). The van der Waals surface area contributed by atoms with Crippen LogP contribution in [0.2, 0.25) is 0 Å². The predicted octanol–water partition coefficient (Wildman–Crippen LogP) is -2.04. The minimum atomic E-state index is -3.32. The van der Waals surface area contributed by atoms with Crippen molar-refractivity contribution in [2.75, 3.05) is 12.3 Å². The molecule has 0 bridgehead atoms. The van der Waals surface area contributed by atoms with E-state index in [-0.39, 0.29) is 12.3 Å². The highest BCUT2D eigenvalue weighted by atomic mass is 31.2. The fourth-order valence-corrected chi connectivity index (χ4v) is 5.08. The Morgan fingerprint density at radius 2 is 1.13 bits per heavy atom. The first-order valence-electron chi connectivity index (χ1n) is 4.86. The molecule has 88 valence electrons. The van der Waals surface area contributed by atoms with E-state index >= 15 is 0 Å². The maximum absolute atomic E-state index is 11.5. The Labute approximate surface area is 86.6 Å². The van der Waals surface area contributed by atoms with Gasteiger partial charge < -0.3 is 25.3 Å². The van der Waals surface area contributed by atoms with E-state index in [4.69, 9.17) is 0 Å². The first kappa shape index (κ1) is 11.5. The second-order valence-electron chi connectivity index (χ2n) is 4.50. The molecule has 0 aromatic rings. The average Bonchev–Trinajstić information content (AvgIpc) is 2.48. The van der Waals surface area contributed by atoms with Gasteiger partial charge in [-0.15, -0.1) is 0 Å². The third kappa shape index (κ3) is 1.75. The van der Waals surface area contributed by atoms with E-state index in [1.165, 1.54) is 0 Å². The smallest absolute Gasteiger partial charge is 0.201 e. The Balaban J connectivity index is 2.27. The highest BCUT2D eigenvalue weighted by Gasteiger charge is 2.55. The first-order valence-corrected chi connectivity index (χ1v) is 6.89. The molecular weight excluding hydrogens is 223 g/mol. The molecule has 5 N–H and O–H groups in total.